The van der Waals surface area contributed by atoms with E-state index in [9.17, 15) is 5.11 Å². The second-order valence-electron chi connectivity index (χ2n) is 7.24. The maximum Gasteiger partial charge on any atom is 0.163 e. The summed E-state index contributed by atoms with van der Waals surface area (Å²) in [6.07, 6.45) is 0. The molecule has 2 N–H and O–H groups in total. The molecule has 7 nitrogen and oxygen atoms in total. The molecule has 0 saturated carbocycles. The summed E-state index contributed by atoms with van der Waals surface area (Å²) in [6, 6.07) is 11.6. The van der Waals surface area contributed by atoms with Crippen molar-refractivity contribution in [1.29, 1.82) is 5.41 Å². The number of aliphatic hydroxyl groups is 1. The van der Waals surface area contributed by atoms with Crippen LogP contribution in [0.4, 0.5) is 5.69 Å². The molecule has 0 saturated heterocycles. The molecule has 0 aliphatic carbocycles. The lowest BCUT2D eigenvalue weighted by Crippen LogP contribution is -2.26. The van der Waals surface area contributed by atoms with Crippen molar-refractivity contribution in [2.45, 2.75) is 20.8 Å². The molecule has 2 heterocycles. The standard InChI is InChI=1S/C23H26N4O3/c1-5-29-19-10-8-15(12-20(19)30-6-2)27-13-18(28)21(22(27)24)23-25-16-11-14(3)7-9-17(16)26(23)4/h7-12,24,28H,5-6,13H2,1-4H3. The zero-order valence-corrected chi connectivity index (χ0v) is 17.7. The van der Waals surface area contributed by atoms with E-state index in [1.165, 1.54) is 0 Å². The molecule has 156 valence electrons. The Hall–Kier alpha value is -3.48. The minimum absolute atomic E-state index is 0.127. The summed E-state index contributed by atoms with van der Waals surface area (Å²) in [5.41, 5.74) is 4.12. The summed E-state index contributed by atoms with van der Waals surface area (Å²) in [7, 11) is 1.90. The lowest BCUT2D eigenvalue weighted by atomic mass is 10.2. The molecule has 0 atom stereocenters. The van der Waals surface area contributed by atoms with E-state index < -0.39 is 0 Å². The Morgan fingerprint density at radius 2 is 1.80 bits per heavy atom. The topological polar surface area (TPSA) is 83.6 Å². The first-order valence-corrected chi connectivity index (χ1v) is 10.1. The number of nitrogens with one attached hydrogen (secondary N) is 1. The fraction of sp³-hybridized carbons (Fsp3) is 0.304. The zero-order valence-electron chi connectivity index (χ0n) is 17.7. The first kappa shape index (κ1) is 19.8. The third-order valence-corrected chi connectivity index (χ3v) is 5.20. The van der Waals surface area contributed by atoms with Crippen LogP contribution in [0, 0.1) is 12.3 Å². The van der Waals surface area contributed by atoms with Crippen LogP contribution in [-0.4, -0.2) is 40.3 Å². The number of nitrogens with zero attached hydrogens (tertiary/aromatic N) is 3. The van der Waals surface area contributed by atoms with Gasteiger partial charge in [0.1, 0.15) is 17.4 Å². The second kappa shape index (κ2) is 7.74. The van der Waals surface area contributed by atoms with Crippen molar-refractivity contribution < 1.29 is 14.6 Å². The monoisotopic (exact) mass is 406 g/mol. The van der Waals surface area contributed by atoms with Crippen molar-refractivity contribution in [3.05, 3.63) is 53.5 Å². The number of anilines is 1. The fourth-order valence-electron chi connectivity index (χ4n) is 3.78. The summed E-state index contributed by atoms with van der Waals surface area (Å²) >= 11 is 0. The molecule has 0 radical (unpaired) electrons. The molecule has 0 amide bonds. The van der Waals surface area contributed by atoms with Gasteiger partial charge in [-0.15, -0.1) is 0 Å². The van der Waals surface area contributed by atoms with Crippen LogP contribution in [0.3, 0.4) is 0 Å². The fourth-order valence-corrected chi connectivity index (χ4v) is 3.78. The van der Waals surface area contributed by atoms with Crippen molar-refractivity contribution in [2.24, 2.45) is 7.05 Å². The number of amidine groups is 1. The number of aryl methyl sites for hydroxylation is 2. The van der Waals surface area contributed by atoms with E-state index in [0.717, 1.165) is 22.3 Å². The van der Waals surface area contributed by atoms with Crippen molar-refractivity contribution in [1.82, 2.24) is 9.55 Å². The molecule has 2 aromatic carbocycles. The number of rotatable bonds is 6. The Balaban J connectivity index is 1.71. The maximum absolute atomic E-state index is 10.7. The van der Waals surface area contributed by atoms with Gasteiger partial charge in [0.2, 0.25) is 0 Å². The molecule has 0 spiro atoms. The lowest BCUT2D eigenvalue weighted by molar-refractivity contribution is 0.288. The largest absolute Gasteiger partial charge is 0.509 e. The summed E-state index contributed by atoms with van der Waals surface area (Å²) in [5, 5.41) is 19.5. The molecule has 3 aromatic rings. The van der Waals surface area contributed by atoms with Crippen LogP contribution in [0.15, 0.2) is 42.2 Å². The SMILES string of the molecule is CCOc1ccc(N2CC(O)=C(c3nc4cc(C)ccc4n3C)C2=N)cc1OCC. The third kappa shape index (κ3) is 3.26. The number of hydrogen-bond acceptors (Lipinski definition) is 5. The summed E-state index contributed by atoms with van der Waals surface area (Å²) in [6.45, 7) is 7.11. The highest BCUT2D eigenvalue weighted by molar-refractivity contribution is 6.30. The highest BCUT2D eigenvalue weighted by Gasteiger charge is 2.32. The van der Waals surface area contributed by atoms with Gasteiger partial charge in [-0.3, -0.25) is 5.41 Å². The summed E-state index contributed by atoms with van der Waals surface area (Å²) < 4.78 is 13.3. The Morgan fingerprint density at radius 3 is 2.53 bits per heavy atom. The average Bonchev–Trinajstić information content (AvgIpc) is 3.18. The molecule has 30 heavy (non-hydrogen) atoms. The predicted molar refractivity (Wildman–Crippen MR) is 119 cm³/mol. The number of hydrogen-bond donors (Lipinski definition) is 2. The molecule has 1 aliphatic heterocycles. The van der Waals surface area contributed by atoms with Crippen LogP contribution in [0.2, 0.25) is 0 Å². The van der Waals surface area contributed by atoms with Crippen molar-refractivity contribution in [3.8, 4) is 11.5 Å². The second-order valence-corrected chi connectivity index (χ2v) is 7.24. The van der Waals surface area contributed by atoms with Crippen LogP contribution in [0.5, 0.6) is 11.5 Å². The molecular weight excluding hydrogens is 380 g/mol. The molecule has 4 rings (SSSR count). The summed E-state index contributed by atoms with van der Waals surface area (Å²) in [5.74, 6) is 2.19. The quantitative estimate of drug-likeness (QED) is 0.632. The smallest absolute Gasteiger partial charge is 0.163 e. The van der Waals surface area contributed by atoms with Crippen LogP contribution in [0.25, 0.3) is 16.6 Å². The van der Waals surface area contributed by atoms with Crippen LogP contribution >= 0.6 is 0 Å². The van der Waals surface area contributed by atoms with E-state index in [4.69, 9.17) is 19.9 Å². The molecule has 1 aliphatic rings. The van der Waals surface area contributed by atoms with Gasteiger partial charge >= 0.3 is 0 Å². The number of benzene rings is 2. The van der Waals surface area contributed by atoms with Crippen LogP contribution in [0.1, 0.15) is 25.2 Å². The normalized spacial score (nSPS) is 14.1. The van der Waals surface area contributed by atoms with Crippen LogP contribution in [-0.2, 0) is 7.05 Å². The number of aromatic nitrogens is 2. The number of ether oxygens (including phenoxy) is 2. The number of fused-ring (bicyclic) bond motifs is 1. The molecule has 0 bridgehead atoms. The Kier molecular flexibility index (Phi) is 5.11. The average molecular weight is 406 g/mol. The summed E-state index contributed by atoms with van der Waals surface area (Å²) in [4.78, 5) is 6.45. The van der Waals surface area contributed by atoms with E-state index in [1.54, 1.807) is 4.90 Å². The van der Waals surface area contributed by atoms with Crippen molar-refractivity contribution in [3.63, 3.8) is 0 Å². The minimum atomic E-state index is 0.127. The van der Waals surface area contributed by atoms with Gasteiger partial charge in [0.25, 0.3) is 0 Å². The van der Waals surface area contributed by atoms with E-state index in [2.05, 4.69) is 0 Å². The van der Waals surface area contributed by atoms with Crippen molar-refractivity contribution >= 4 is 28.1 Å². The third-order valence-electron chi connectivity index (χ3n) is 5.20. The van der Waals surface area contributed by atoms with Crippen molar-refractivity contribution in [2.75, 3.05) is 24.7 Å². The predicted octanol–water partition coefficient (Wildman–Crippen LogP) is 4.45. The zero-order chi connectivity index (χ0) is 21.4. The van der Waals surface area contributed by atoms with Gasteiger partial charge in [-0.05, 0) is 50.6 Å². The van der Waals surface area contributed by atoms with Gasteiger partial charge in [-0.1, -0.05) is 6.07 Å². The van der Waals surface area contributed by atoms with Gasteiger partial charge in [-0.25, -0.2) is 4.98 Å². The van der Waals surface area contributed by atoms with Gasteiger partial charge in [0, 0.05) is 18.8 Å². The lowest BCUT2D eigenvalue weighted by Gasteiger charge is -2.21. The van der Waals surface area contributed by atoms with E-state index in [1.807, 2.05) is 68.8 Å². The van der Waals surface area contributed by atoms with Gasteiger partial charge in [-0.2, -0.15) is 0 Å². The van der Waals surface area contributed by atoms with Gasteiger partial charge in [0.15, 0.2) is 11.5 Å². The van der Waals surface area contributed by atoms with E-state index in [0.29, 0.717) is 36.1 Å². The molecule has 0 fully saturated rings. The molecule has 1 aromatic heterocycles. The van der Waals surface area contributed by atoms with Gasteiger partial charge < -0.3 is 24.0 Å². The first-order chi connectivity index (χ1) is 14.4. The van der Waals surface area contributed by atoms with Gasteiger partial charge in [0.05, 0.1) is 36.4 Å². The number of imidazole rings is 1. The minimum Gasteiger partial charge on any atom is -0.509 e. The highest BCUT2D eigenvalue weighted by atomic mass is 16.5. The Morgan fingerprint density at radius 1 is 1.07 bits per heavy atom. The number of aliphatic hydroxyl groups excluding tert-OH is 1. The molecular formula is C23H26N4O3. The highest BCUT2D eigenvalue weighted by Crippen LogP contribution is 2.36. The van der Waals surface area contributed by atoms with E-state index >= 15 is 0 Å². The van der Waals surface area contributed by atoms with Crippen LogP contribution < -0.4 is 14.4 Å². The first-order valence-electron chi connectivity index (χ1n) is 10.1. The Bertz CT molecular complexity index is 1160. The molecule has 7 heteroatoms. The molecule has 0 unspecified atom stereocenters. The maximum atomic E-state index is 10.7. The Labute approximate surface area is 175 Å². The van der Waals surface area contributed by atoms with E-state index in [-0.39, 0.29) is 18.1 Å².